The number of carbonyl (C=O) groups excluding carboxylic acids is 1. The van der Waals surface area contributed by atoms with Crippen molar-refractivity contribution in [1.29, 1.82) is 0 Å². The number of ether oxygens (including phenoxy) is 4. The molecule has 0 N–H and O–H groups in total. The average Bonchev–Trinajstić information content (AvgIpc) is 2.57. The summed E-state index contributed by atoms with van der Waals surface area (Å²) >= 11 is 0. The highest BCUT2D eigenvalue weighted by Crippen LogP contribution is 2.67. The van der Waals surface area contributed by atoms with Crippen LogP contribution in [-0.2, 0) is 28.0 Å². The SMILES string of the molecule is CCOP(C(=O)P(OCC)C(C)(OCC)OCC)C(C)(OCC)OCC. The van der Waals surface area contributed by atoms with E-state index >= 15 is 0 Å². The Hall–Kier alpha value is 0.290. The summed E-state index contributed by atoms with van der Waals surface area (Å²) in [6, 6.07) is 0. The van der Waals surface area contributed by atoms with Crippen LogP contribution < -0.4 is 0 Å². The second kappa shape index (κ2) is 13.5. The highest BCUT2D eigenvalue weighted by atomic mass is 31.2. The lowest BCUT2D eigenvalue weighted by molar-refractivity contribution is -0.163. The Bertz CT molecular complexity index is 349. The lowest BCUT2D eigenvalue weighted by atomic mass is 10.7. The molecule has 0 radical (unpaired) electrons. The zero-order valence-corrected chi connectivity index (χ0v) is 19.3. The molecular weight excluding hydrogens is 378 g/mol. The van der Waals surface area contributed by atoms with Gasteiger partial charge in [0.25, 0.3) is 0 Å². The Labute approximate surface area is 161 Å². The summed E-state index contributed by atoms with van der Waals surface area (Å²) in [5, 5.41) is -0.201. The quantitative estimate of drug-likeness (QED) is 0.245. The van der Waals surface area contributed by atoms with E-state index in [1.165, 1.54) is 0 Å². The van der Waals surface area contributed by atoms with Crippen molar-refractivity contribution in [3.8, 4) is 0 Å². The molecule has 2 unspecified atom stereocenters. The molecule has 0 fully saturated rings. The molecule has 0 aliphatic rings. The van der Waals surface area contributed by atoms with Crippen LogP contribution in [0.15, 0.2) is 0 Å². The third-order valence-corrected chi connectivity index (χ3v) is 8.06. The first-order chi connectivity index (χ1) is 12.3. The van der Waals surface area contributed by atoms with Gasteiger partial charge in [-0.1, -0.05) is 0 Å². The van der Waals surface area contributed by atoms with Gasteiger partial charge < -0.3 is 28.0 Å². The zero-order chi connectivity index (χ0) is 20.2. The van der Waals surface area contributed by atoms with Gasteiger partial charge in [0, 0.05) is 39.6 Å². The molecule has 0 aromatic rings. The molecule has 0 spiro atoms. The molecule has 0 saturated heterocycles. The van der Waals surface area contributed by atoms with Gasteiger partial charge in [0.1, 0.15) is 0 Å². The van der Waals surface area contributed by atoms with Crippen molar-refractivity contribution in [3.05, 3.63) is 0 Å². The van der Waals surface area contributed by atoms with Crippen LogP contribution in [-0.4, -0.2) is 56.0 Å². The average molecular weight is 414 g/mol. The summed E-state index contributed by atoms with van der Waals surface area (Å²) in [6.07, 6.45) is 0. The van der Waals surface area contributed by atoms with E-state index in [2.05, 4.69) is 0 Å². The Kier molecular flexibility index (Phi) is 13.6. The first-order valence-corrected chi connectivity index (χ1v) is 11.8. The topological polar surface area (TPSA) is 72.5 Å². The van der Waals surface area contributed by atoms with Crippen molar-refractivity contribution in [2.24, 2.45) is 0 Å². The normalized spacial score (nSPS) is 15.1. The summed E-state index contributed by atoms with van der Waals surface area (Å²) in [7, 11) is -3.51. The van der Waals surface area contributed by atoms with Crippen molar-refractivity contribution in [2.45, 2.75) is 66.4 Å². The van der Waals surface area contributed by atoms with Gasteiger partial charge >= 0.3 is 0 Å². The molecule has 156 valence electrons. The van der Waals surface area contributed by atoms with E-state index in [0.29, 0.717) is 39.6 Å². The maximum atomic E-state index is 13.5. The van der Waals surface area contributed by atoms with Gasteiger partial charge in [-0.3, -0.25) is 4.79 Å². The van der Waals surface area contributed by atoms with Crippen molar-refractivity contribution >= 4 is 21.6 Å². The molecule has 0 aromatic heterocycles. The van der Waals surface area contributed by atoms with Crippen LogP contribution in [0.4, 0.5) is 4.79 Å². The van der Waals surface area contributed by atoms with Crippen LogP contribution in [0.5, 0.6) is 0 Å². The Morgan fingerprint density at radius 2 is 0.885 bits per heavy atom. The van der Waals surface area contributed by atoms with Gasteiger partial charge in [0.05, 0.1) is 0 Å². The minimum Gasteiger partial charge on any atom is -0.347 e. The predicted octanol–water partition coefficient (Wildman–Crippen LogP) is 5.47. The van der Waals surface area contributed by atoms with Gasteiger partial charge in [-0.15, -0.1) is 0 Å². The standard InChI is InChI=1S/C17H36O7P2/c1-9-19-16(7,20-10-2)25(23-13-5)15(18)26(24-14-6)17(8,21-11-3)22-12-4/h9-14H2,1-8H3. The minimum atomic E-state index is -1.76. The second-order valence-corrected chi connectivity index (χ2v) is 9.72. The first kappa shape index (κ1) is 26.3. The Balaban J connectivity index is 5.90. The van der Waals surface area contributed by atoms with Crippen LogP contribution in [0.1, 0.15) is 55.4 Å². The molecule has 0 saturated carbocycles. The summed E-state index contributed by atoms with van der Waals surface area (Å²) < 4.78 is 34.9. The number of carbonyl (C=O) groups is 1. The lowest BCUT2D eigenvalue weighted by Crippen LogP contribution is -2.37. The van der Waals surface area contributed by atoms with Crippen LogP contribution >= 0.6 is 16.3 Å². The van der Waals surface area contributed by atoms with Gasteiger partial charge in [-0.05, 0) is 55.4 Å². The smallest absolute Gasteiger partial charge is 0.240 e. The van der Waals surface area contributed by atoms with E-state index < -0.39 is 27.4 Å². The van der Waals surface area contributed by atoms with E-state index in [-0.39, 0.29) is 5.27 Å². The molecule has 0 bridgehead atoms. The molecule has 26 heavy (non-hydrogen) atoms. The summed E-state index contributed by atoms with van der Waals surface area (Å²) in [5.74, 6) is 0. The third kappa shape index (κ3) is 7.37. The molecule has 0 aliphatic heterocycles. The summed E-state index contributed by atoms with van der Waals surface area (Å²) in [6.45, 7) is 16.9. The molecular formula is C17H36O7P2. The number of rotatable bonds is 16. The zero-order valence-electron chi connectivity index (χ0n) is 17.5. The molecule has 9 heteroatoms. The van der Waals surface area contributed by atoms with Crippen LogP contribution in [0, 0.1) is 0 Å². The lowest BCUT2D eigenvalue weighted by Gasteiger charge is -2.40. The molecule has 0 heterocycles. The van der Waals surface area contributed by atoms with Gasteiger partial charge in [0.15, 0.2) is 16.3 Å². The largest absolute Gasteiger partial charge is 0.347 e. The fourth-order valence-corrected chi connectivity index (χ4v) is 7.41. The van der Waals surface area contributed by atoms with Gasteiger partial charge in [-0.2, -0.15) is 0 Å². The number of hydrogen-bond acceptors (Lipinski definition) is 7. The van der Waals surface area contributed by atoms with Crippen molar-refractivity contribution in [2.75, 3.05) is 39.6 Å². The van der Waals surface area contributed by atoms with E-state index in [4.69, 9.17) is 28.0 Å². The third-order valence-electron chi connectivity index (χ3n) is 3.25. The maximum absolute atomic E-state index is 13.5. The highest BCUT2D eigenvalue weighted by Gasteiger charge is 2.52. The van der Waals surface area contributed by atoms with Crippen molar-refractivity contribution < 1.29 is 32.8 Å². The van der Waals surface area contributed by atoms with Gasteiger partial charge in [0.2, 0.25) is 16.3 Å². The van der Waals surface area contributed by atoms with E-state index in [1.807, 2.05) is 41.5 Å². The molecule has 0 amide bonds. The fourth-order valence-electron chi connectivity index (χ4n) is 2.42. The molecule has 0 aliphatic carbocycles. The number of hydrogen-bond donors (Lipinski definition) is 0. The fraction of sp³-hybridized carbons (Fsp3) is 0.941. The molecule has 7 nitrogen and oxygen atoms in total. The molecule has 0 rings (SSSR count). The summed E-state index contributed by atoms with van der Waals surface area (Å²) in [4.78, 5) is 13.5. The van der Waals surface area contributed by atoms with E-state index in [1.54, 1.807) is 13.8 Å². The van der Waals surface area contributed by atoms with Crippen molar-refractivity contribution in [3.63, 3.8) is 0 Å². The van der Waals surface area contributed by atoms with Crippen LogP contribution in [0.25, 0.3) is 0 Å². The van der Waals surface area contributed by atoms with E-state index in [0.717, 1.165) is 0 Å². The predicted molar refractivity (Wildman–Crippen MR) is 106 cm³/mol. The van der Waals surface area contributed by atoms with Crippen molar-refractivity contribution in [1.82, 2.24) is 0 Å². The maximum Gasteiger partial charge on any atom is 0.240 e. The van der Waals surface area contributed by atoms with Crippen LogP contribution in [0.2, 0.25) is 0 Å². The second-order valence-electron chi connectivity index (χ2n) is 5.23. The van der Waals surface area contributed by atoms with Gasteiger partial charge in [-0.25, -0.2) is 0 Å². The highest BCUT2D eigenvalue weighted by molar-refractivity contribution is 7.97. The molecule has 0 aromatic carbocycles. The first-order valence-electron chi connectivity index (χ1n) is 9.25. The van der Waals surface area contributed by atoms with E-state index in [9.17, 15) is 4.79 Å². The van der Waals surface area contributed by atoms with Crippen LogP contribution in [0.3, 0.4) is 0 Å². The summed E-state index contributed by atoms with van der Waals surface area (Å²) in [5.41, 5.74) is -2.30. The minimum absolute atomic E-state index is 0.201. The Morgan fingerprint density at radius 3 is 1.08 bits per heavy atom. The molecule has 2 atom stereocenters. The monoisotopic (exact) mass is 414 g/mol. The Morgan fingerprint density at radius 1 is 0.615 bits per heavy atom.